The average Bonchev–Trinajstić information content (AvgIpc) is 4.09. The number of hydrogen-bond acceptors (Lipinski definition) is 15. The first kappa shape index (κ1) is 58.9. The van der Waals surface area contributed by atoms with Crippen LogP contribution in [0, 0.1) is 5.41 Å². The third-order valence-electron chi connectivity index (χ3n) is 14.3. The summed E-state index contributed by atoms with van der Waals surface area (Å²) in [5.74, 6) is 0.523. The van der Waals surface area contributed by atoms with E-state index in [0.717, 1.165) is 40.0 Å². The fourth-order valence-corrected chi connectivity index (χ4v) is 13.7. The van der Waals surface area contributed by atoms with Gasteiger partial charge in [0.25, 0.3) is 14.4 Å². The van der Waals surface area contributed by atoms with Gasteiger partial charge in [-0.25, -0.2) is 14.6 Å². The van der Waals surface area contributed by atoms with E-state index in [2.05, 4.69) is 102 Å². The maximum absolute atomic E-state index is 13.4. The summed E-state index contributed by atoms with van der Waals surface area (Å²) in [6.07, 6.45) is 1.64. The lowest BCUT2D eigenvalue weighted by Gasteiger charge is -2.39. The molecule has 0 radical (unpaired) electrons. The second kappa shape index (κ2) is 27.8. The molecule has 5 unspecified atom stereocenters. The van der Waals surface area contributed by atoms with Gasteiger partial charge >= 0.3 is 0 Å². The van der Waals surface area contributed by atoms with Gasteiger partial charge in [0.1, 0.15) is 23.8 Å². The van der Waals surface area contributed by atoms with Crippen LogP contribution in [0.5, 0.6) is 5.75 Å². The van der Waals surface area contributed by atoms with Crippen LogP contribution in [0.2, 0.25) is 0 Å². The lowest BCUT2D eigenvalue weighted by molar-refractivity contribution is -0.235. The minimum Gasteiger partial charge on any atom is -0.484 e. The first-order chi connectivity index (χ1) is 37.4. The highest BCUT2D eigenvalue weighted by Crippen LogP contribution is 2.51. The maximum atomic E-state index is 13.4. The highest BCUT2D eigenvalue weighted by atomic mass is 33.1. The zero-order valence-corrected chi connectivity index (χ0v) is 49.3. The topological polar surface area (TPSA) is 173 Å². The van der Waals surface area contributed by atoms with Crippen LogP contribution in [0.3, 0.4) is 0 Å². The number of carbonyl (C=O) groups is 3. The number of nitrogens with one attached hydrogen (secondary N) is 2. The molecular weight excluding hydrogens is 1040 g/mol. The van der Waals surface area contributed by atoms with Gasteiger partial charge in [-0.3, -0.25) is 19.0 Å². The van der Waals surface area contributed by atoms with Crippen LogP contribution in [0.15, 0.2) is 89.0 Å². The third-order valence-corrected chi connectivity index (χ3v) is 19.9. The molecule has 2 N–H and O–H groups in total. The Hall–Kier alpha value is -4.20. The Morgan fingerprint density at radius 2 is 1.66 bits per heavy atom. The van der Waals surface area contributed by atoms with Gasteiger partial charge in [0.15, 0.2) is 36.4 Å². The Morgan fingerprint density at radius 1 is 0.961 bits per heavy atom. The number of aromatic nitrogens is 2. The summed E-state index contributed by atoms with van der Waals surface area (Å²) in [5, 5.41) is 5.85. The Morgan fingerprint density at radius 3 is 2.31 bits per heavy atom. The van der Waals surface area contributed by atoms with Gasteiger partial charge in [-0.05, 0) is 115 Å². The van der Waals surface area contributed by atoms with E-state index in [-0.39, 0.29) is 77.5 Å². The molecule has 0 spiro atoms. The van der Waals surface area contributed by atoms with E-state index in [4.69, 9.17) is 39.1 Å². The summed E-state index contributed by atoms with van der Waals surface area (Å²) in [6, 6.07) is 24.1. The van der Waals surface area contributed by atoms with Crippen LogP contribution in [0.1, 0.15) is 161 Å². The predicted molar refractivity (Wildman–Crippen MR) is 306 cm³/mol. The number of hydrogen-bond donors (Lipinski definition) is 2. The lowest BCUT2D eigenvalue weighted by atomic mass is 9.83. The van der Waals surface area contributed by atoms with Crippen molar-refractivity contribution in [2.45, 2.75) is 180 Å². The lowest BCUT2D eigenvalue weighted by Crippen LogP contribution is -2.39. The van der Waals surface area contributed by atoms with Crippen LogP contribution in [0.25, 0.3) is 0 Å². The largest absolute Gasteiger partial charge is 0.484 e. The number of ether oxygens (including phenoxy) is 5. The number of nitrogens with zero attached hydrogens (tertiary/aromatic N) is 4. The van der Waals surface area contributed by atoms with Gasteiger partial charge in [0.2, 0.25) is 5.91 Å². The van der Waals surface area contributed by atoms with Crippen LogP contribution in [-0.2, 0) is 50.5 Å². The fourth-order valence-electron chi connectivity index (χ4n) is 9.32. The Balaban J connectivity index is 0.931. The van der Waals surface area contributed by atoms with Gasteiger partial charge in [0.05, 0.1) is 38.7 Å². The number of amidine groups is 1. The summed E-state index contributed by atoms with van der Waals surface area (Å²) < 4.78 is 56.6. The Bertz CT molecular complexity index is 2620. The van der Waals surface area contributed by atoms with Crippen LogP contribution in [-0.4, -0.2) is 106 Å². The first-order valence-corrected chi connectivity index (χ1v) is 30.2. The van der Waals surface area contributed by atoms with Crippen molar-refractivity contribution in [1.82, 2.24) is 24.9 Å². The Kier molecular flexibility index (Phi) is 21.3. The normalized spacial score (nSPS) is 20.4. The third kappa shape index (κ3) is 16.0. The maximum Gasteiger partial charge on any atom is 0.263 e. The van der Waals surface area contributed by atoms with Crippen molar-refractivity contribution in [3.63, 3.8) is 0 Å². The average molecular weight is 1120 g/mol. The number of methoxy groups -OCH3 is 1. The monoisotopic (exact) mass is 1120 g/mol. The van der Waals surface area contributed by atoms with Gasteiger partial charge in [0, 0.05) is 54.2 Å². The zero-order chi connectivity index (χ0) is 56.1. The predicted octanol–water partition coefficient (Wildman–Crippen LogP) is 12.2. The Labute approximate surface area is 467 Å². The number of fused-ring (bicyclic) bond motifs is 1. The number of Topliss-reactive ketones (excluding diaryl/α,β-unsaturated/α-hetero) is 1. The molecule has 4 heterocycles. The van der Waals surface area contributed by atoms with Crippen molar-refractivity contribution in [2.24, 2.45) is 10.4 Å². The van der Waals surface area contributed by atoms with Crippen LogP contribution < -0.4 is 15.4 Å². The molecule has 19 heteroatoms. The van der Waals surface area contributed by atoms with E-state index in [1.807, 2.05) is 60.7 Å². The van der Waals surface area contributed by atoms with Gasteiger partial charge < -0.3 is 43.4 Å². The highest BCUT2D eigenvalue weighted by Gasteiger charge is 2.49. The summed E-state index contributed by atoms with van der Waals surface area (Å²) in [5.41, 5.74) is 4.53. The van der Waals surface area contributed by atoms with Crippen molar-refractivity contribution < 1.29 is 48.5 Å². The van der Waals surface area contributed by atoms with Crippen molar-refractivity contribution in [1.29, 1.82) is 0 Å². The molecule has 7 rings (SSSR count). The number of ketones is 1. The minimum absolute atomic E-state index is 0.0135. The van der Waals surface area contributed by atoms with Crippen molar-refractivity contribution in [2.75, 3.05) is 33.5 Å². The molecule has 0 bridgehead atoms. The fraction of sp³-hybridized carbons (Fsp3) is 0.569. The van der Waals surface area contributed by atoms with Gasteiger partial charge in [-0.1, -0.05) is 104 Å². The zero-order valence-electron chi connectivity index (χ0n) is 47.7. The van der Waals surface area contributed by atoms with Crippen molar-refractivity contribution in [3.05, 3.63) is 107 Å². The smallest absolute Gasteiger partial charge is 0.263 e. The molecule has 420 valence electrons. The summed E-state index contributed by atoms with van der Waals surface area (Å²) in [7, 11) is 3.30. The van der Waals surface area contributed by atoms with E-state index in [0.29, 0.717) is 57.3 Å². The molecule has 77 heavy (non-hydrogen) atoms. The standard InChI is InChI=1S/C58H81N6O10PS2/c1-13-58(14-2)34-70-56(71-35-58)44-21-19-41(20-22-44)32-59-49(66)27-29-57(10,11)77-76-47-18-16-15-17-43(47)28-30-72-75(64(38(5)6)39(7)8)74-52-40(9)73-55(53(52)68-12)63-36-60-51-46(65)31-48(62-54(51)63)61-50(67)33-69-45-25-23-42(24-26-45)37(3)4/h15-26,36-40,52-53,55-56H,13-14,27-35H2,1-12H3,(H,59,66)(H,61,62,67)/i9D. The number of amides is 2. The van der Waals surface area contributed by atoms with E-state index in [9.17, 15) is 14.4 Å². The number of aliphatic imine (C=N–C) groups is 1. The van der Waals surface area contributed by atoms with E-state index < -0.39 is 39.0 Å². The van der Waals surface area contributed by atoms with Crippen LogP contribution >= 0.6 is 30.1 Å². The highest BCUT2D eigenvalue weighted by molar-refractivity contribution is 8.77. The number of carbonyl (C=O) groups excluding carboxylic acids is 3. The molecule has 0 aliphatic carbocycles. The van der Waals surface area contributed by atoms with E-state index in [1.165, 1.54) is 6.33 Å². The second-order valence-corrected chi connectivity index (χ2v) is 25.8. The quantitative estimate of drug-likeness (QED) is 0.0449. The molecule has 2 amide bonds. The SMILES string of the molecule is [2H]CC1OC(n2cnc3c2N=C(NC(=O)COc2ccc(C(C)C)cc2)CC3=O)C(OC)C1OP(OCCc1ccccc1SSC(C)(C)CCC(=O)NCc1ccc(C2OCC(CC)(CC)CO2)cc1)N(C(C)C)C(C)C. The van der Waals surface area contributed by atoms with Gasteiger partial charge in [-0.2, -0.15) is 0 Å². The van der Waals surface area contributed by atoms with Crippen LogP contribution in [0.4, 0.5) is 5.82 Å². The summed E-state index contributed by atoms with van der Waals surface area (Å²) >= 11 is 0. The van der Waals surface area contributed by atoms with Crippen molar-refractivity contribution in [3.8, 4) is 5.75 Å². The number of rotatable bonds is 26. The van der Waals surface area contributed by atoms with Gasteiger partial charge in [-0.15, -0.1) is 0 Å². The molecule has 5 atom stereocenters. The molecule has 4 aromatic rings. The molecule has 3 aromatic carbocycles. The van der Waals surface area contributed by atoms with Crippen molar-refractivity contribution >= 4 is 59.4 Å². The minimum atomic E-state index is -1.72. The van der Waals surface area contributed by atoms with E-state index in [1.54, 1.807) is 33.3 Å². The molecule has 3 aliphatic heterocycles. The molecule has 2 saturated heterocycles. The summed E-state index contributed by atoms with van der Waals surface area (Å²) in [6.45, 7) is 23.1. The molecule has 1 aromatic heterocycles. The number of benzene rings is 3. The molecular formula is C58H81N6O10PS2. The molecule has 16 nitrogen and oxygen atoms in total. The molecule has 3 aliphatic rings. The summed E-state index contributed by atoms with van der Waals surface area (Å²) in [4.78, 5) is 49.8. The first-order valence-electron chi connectivity index (χ1n) is 27.7. The van der Waals surface area contributed by atoms with E-state index >= 15 is 0 Å². The second-order valence-electron chi connectivity index (χ2n) is 21.5. The number of imidazole rings is 1. The molecule has 2 fully saturated rings. The molecule has 0 saturated carbocycles.